The largest absolute Gasteiger partial charge is 0.353 e. The summed E-state index contributed by atoms with van der Waals surface area (Å²) in [7, 11) is 0. The lowest BCUT2D eigenvalue weighted by atomic mass is 10.00. The summed E-state index contributed by atoms with van der Waals surface area (Å²) in [6.45, 7) is 5.71. The Balaban J connectivity index is 3.72. The fraction of sp³-hybridized carbons (Fsp3) is 0.727. The molecule has 0 heterocycles. The summed E-state index contributed by atoms with van der Waals surface area (Å²) in [6.07, 6.45) is 6.83. The molecular formula is C11H20N2O. The van der Waals surface area contributed by atoms with Crippen molar-refractivity contribution in [2.45, 2.75) is 51.6 Å². The van der Waals surface area contributed by atoms with Gasteiger partial charge in [0, 0.05) is 24.4 Å². The quantitative estimate of drug-likeness (QED) is 0.645. The SMILES string of the molecule is C#CCC(C)NC(=O)CCC(C)(C)N. The first kappa shape index (κ1) is 13.0. The summed E-state index contributed by atoms with van der Waals surface area (Å²) in [4.78, 5) is 11.3. The summed E-state index contributed by atoms with van der Waals surface area (Å²) in [5.41, 5.74) is 5.48. The number of nitrogens with one attached hydrogen (secondary N) is 1. The molecule has 0 rings (SSSR count). The van der Waals surface area contributed by atoms with Gasteiger partial charge < -0.3 is 11.1 Å². The number of carbonyl (C=O) groups is 1. The Hall–Kier alpha value is -1.01. The second kappa shape index (κ2) is 5.66. The topological polar surface area (TPSA) is 55.1 Å². The highest BCUT2D eigenvalue weighted by Gasteiger charge is 2.13. The van der Waals surface area contributed by atoms with Gasteiger partial charge in [0.2, 0.25) is 5.91 Å². The molecule has 0 aliphatic heterocycles. The van der Waals surface area contributed by atoms with Gasteiger partial charge in [-0.2, -0.15) is 0 Å². The second-order valence-corrected chi connectivity index (χ2v) is 4.37. The molecule has 1 amide bonds. The highest BCUT2D eigenvalue weighted by atomic mass is 16.1. The van der Waals surface area contributed by atoms with Crippen molar-refractivity contribution in [3.8, 4) is 12.3 Å². The standard InChI is InChI=1S/C11H20N2O/c1-5-6-9(2)13-10(14)7-8-11(3,4)12/h1,9H,6-8,12H2,2-4H3,(H,13,14). The van der Waals surface area contributed by atoms with Crippen LogP contribution >= 0.6 is 0 Å². The Bertz CT molecular complexity index is 222. The average molecular weight is 196 g/mol. The van der Waals surface area contributed by atoms with Crippen LogP contribution in [0, 0.1) is 12.3 Å². The van der Waals surface area contributed by atoms with Crippen molar-refractivity contribution in [1.82, 2.24) is 5.32 Å². The van der Waals surface area contributed by atoms with E-state index in [1.165, 1.54) is 0 Å². The Labute approximate surface area is 86.4 Å². The van der Waals surface area contributed by atoms with Crippen molar-refractivity contribution in [3.63, 3.8) is 0 Å². The first-order chi connectivity index (χ1) is 6.35. The number of rotatable bonds is 5. The summed E-state index contributed by atoms with van der Waals surface area (Å²) in [5.74, 6) is 2.53. The van der Waals surface area contributed by atoms with Crippen LogP contribution in [0.15, 0.2) is 0 Å². The molecule has 1 unspecified atom stereocenters. The maximum Gasteiger partial charge on any atom is 0.220 e. The van der Waals surface area contributed by atoms with Gasteiger partial charge >= 0.3 is 0 Å². The number of carbonyl (C=O) groups excluding carboxylic acids is 1. The molecule has 80 valence electrons. The summed E-state index contributed by atoms with van der Waals surface area (Å²) in [5, 5.41) is 2.82. The lowest BCUT2D eigenvalue weighted by Gasteiger charge is -2.18. The lowest BCUT2D eigenvalue weighted by molar-refractivity contribution is -0.122. The van der Waals surface area contributed by atoms with Gasteiger partial charge in [-0.25, -0.2) is 0 Å². The molecule has 0 aliphatic carbocycles. The van der Waals surface area contributed by atoms with Crippen LogP contribution in [0.2, 0.25) is 0 Å². The number of hydrogen-bond acceptors (Lipinski definition) is 2. The maximum atomic E-state index is 11.3. The van der Waals surface area contributed by atoms with E-state index in [2.05, 4.69) is 11.2 Å². The van der Waals surface area contributed by atoms with E-state index in [1.54, 1.807) is 0 Å². The number of terminal acetylenes is 1. The van der Waals surface area contributed by atoms with Crippen molar-refractivity contribution in [2.75, 3.05) is 0 Å². The molecule has 0 spiro atoms. The van der Waals surface area contributed by atoms with Crippen LogP contribution in [0.4, 0.5) is 0 Å². The van der Waals surface area contributed by atoms with Gasteiger partial charge in [0.25, 0.3) is 0 Å². The fourth-order valence-electron chi connectivity index (χ4n) is 1.01. The van der Waals surface area contributed by atoms with Crippen molar-refractivity contribution in [1.29, 1.82) is 0 Å². The van der Waals surface area contributed by atoms with Crippen molar-refractivity contribution in [2.24, 2.45) is 5.73 Å². The van der Waals surface area contributed by atoms with Gasteiger partial charge in [-0.1, -0.05) is 0 Å². The van der Waals surface area contributed by atoms with Gasteiger partial charge in [0.1, 0.15) is 0 Å². The van der Waals surface area contributed by atoms with E-state index in [-0.39, 0.29) is 17.5 Å². The summed E-state index contributed by atoms with van der Waals surface area (Å²) < 4.78 is 0. The monoisotopic (exact) mass is 196 g/mol. The minimum absolute atomic E-state index is 0.0197. The molecule has 0 saturated carbocycles. The normalized spacial score (nSPS) is 13.1. The second-order valence-electron chi connectivity index (χ2n) is 4.37. The summed E-state index contributed by atoms with van der Waals surface area (Å²) in [6, 6.07) is 0.0494. The van der Waals surface area contributed by atoms with E-state index in [4.69, 9.17) is 12.2 Å². The molecule has 3 nitrogen and oxygen atoms in total. The molecule has 0 radical (unpaired) electrons. The zero-order chi connectivity index (χ0) is 11.2. The smallest absolute Gasteiger partial charge is 0.220 e. The molecule has 0 aromatic heterocycles. The van der Waals surface area contributed by atoms with Crippen LogP contribution in [-0.4, -0.2) is 17.5 Å². The van der Waals surface area contributed by atoms with Crippen molar-refractivity contribution in [3.05, 3.63) is 0 Å². The Morgan fingerprint density at radius 1 is 1.64 bits per heavy atom. The highest BCUT2D eigenvalue weighted by molar-refractivity contribution is 5.76. The number of amides is 1. The third kappa shape index (κ3) is 7.63. The first-order valence-corrected chi connectivity index (χ1v) is 4.87. The predicted molar refractivity (Wildman–Crippen MR) is 58.6 cm³/mol. The van der Waals surface area contributed by atoms with E-state index >= 15 is 0 Å². The van der Waals surface area contributed by atoms with E-state index in [0.29, 0.717) is 19.3 Å². The molecule has 0 aromatic rings. The molecule has 0 aromatic carbocycles. The van der Waals surface area contributed by atoms with Crippen molar-refractivity contribution < 1.29 is 4.79 Å². The van der Waals surface area contributed by atoms with Crippen LogP contribution in [0.3, 0.4) is 0 Å². The Morgan fingerprint density at radius 3 is 2.64 bits per heavy atom. The molecule has 1 atom stereocenters. The molecule has 0 bridgehead atoms. The van der Waals surface area contributed by atoms with E-state index in [0.717, 1.165) is 0 Å². The third-order valence-corrected chi connectivity index (χ3v) is 1.83. The molecule has 0 fully saturated rings. The molecule has 14 heavy (non-hydrogen) atoms. The molecular weight excluding hydrogens is 176 g/mol. The van der Waals surface area contributed by atoms with Gasteiger partial charge in [-0.3, -0.25) is 4.79 Å². The van der Waals surface area contributed by atoms with E-state index < -0.39 is 0 Å². The van der Waals surface area contributed by atoms with Crippen LogP contribution in [0.25, 0.3) is 0 Å². The lowest BCUT2D eigenvalue weighted by Crippen LogP contribution is -2.36. The van der Waals surface area contributed by atoms with Gasteiger partial charge in [0.05, 0.1) is 0 Å². The molecule has 0 saturated heterocycles. The average Bonchev–Trinajstić information content (AvgIpc) is 2.00. The zero-order valence-electron chi connectivity index (χ0n) is 9.26. The van der Waals surface area contributed by atoms with Gasteiger partial charge in [-0.15, -0.1) is 12.3 Å². The molecule has 3 heteroatoms. The zero-order valence-corrected chi connectivity index (χ0v) is 9.26. The first-order valence-electron chi connectivity index (χ1n) is 4.87. The minimum atomic E-state index is -0.285. The van der Waals surface area contributed by atoms with Crippen molar-refractivity contribution >= 4 is 5.91 Å². The van der Waals surface area contributed by atoms with Crippen LogP contribution < -0.4 is 11.1 Å². The fourth-order valence-corrected chi connectivity index (χ4v) is 1.01. The Kier molecular flexibility index (Phi) is 5.26. The van der Waals surface area contributed by atoms with Crippen LogP contribution in [0.1, 0.15) is 40.0 Å². The number of hydrogen-bond donors (Lipinski definition) is 2. The van der Waals surface area contributed by atoms with E-state index in [9.17, 15) is 4.79 Å². The summed E-state index contributed by atoms with van der Waals surface area (Å²) >= 11 is 0. The van der Waals surface area contributed by atoms with E-state index in [1.807, 2.05) is 20.8 Å². The maximum absolute atomic E-state index is 11.3. The third-order valence-electron chi connectivity index (χ3n) is 1.83. The number of nitrogens with two attached hydrogens (primary N) is 1. The van der Waals surface area contributed by atoms with Crippen LogP contribution in [0.5, 0.6) is 0 Å². The molecule has 0 aliphatic rings. The van der Waals surface area contributed by atoms with Crippen LogP contribution in [-0.2, 0) is 4.79 Å². The Morgan fingerprint density at radius 2 is 2.21 bits per heavy atom. The predicted octanol–water partition coefficient (Wildman–Crippen LogP) is 1.03. The highest BCUT2D eigenvalue weighted by Crippen LogP contribution is 2.06. The van der Waals surface area contributed by atoms with Gasteiger partial charge in [-0.05, 0) is 27.2 Å². The molecule has 3 N–H and O–H groups in total. The minimum Gasteiger partial charge on any atom is -0.353 e. The van der Waals surface area contributed by atoms with Gasteiger partial charge in [0.15, 0.2) is 0 Å².